The molecule has 0 saturated carbocycles. The van der Waals surface area contributed by atoms with E-state index in [4.69, 9.17) is 0 Å². The molecule has 154 valence electrons. The van der Waals surface area contributed by atoms with E-state index in [1.165, 1.54) is 0 Å². The van der Waals surface area contributed by atoms with Crippen molar-refractivity contribution < 1.29 is 9.59 Å². The lowest BCUT2D eigenvalue weighted by molar-refractivity contribution is -0.132. The van der Waals surface area contributed by atoms with Gasteiger partial charge in [-0.15, -0.1) is 0 Å². The zero-order valence-corrected chi connectivity index (χ0v) is 17.7. The molecular weight excluding hydrogens is 362 g/mol. The number of nitrogens with one attached hydrogen (secondary N) is 1. The highest BCUT2D eigenvalue weighted by Gasteiger charge is 2.21. The van der Waals surface area contributed by atoms with Gasteiger partial charge in [0.15, 0.2) is 0 Å². The summed E-state index contributed by atoms with van der Waals surface area (Å²) in [5.41, 5.74) is 5.07. The molecule has 5 nitrogen and oxygen atoms in total. The summed E-state index contributed by atoms with van der Waals surface area (Å²) in [7, 11) is 0. The van der Waals surface area contributed by atoms with Crippen molar-refractivity contribution in [2.75, 3.05) is 32.7 Å². The molecule has 1 aliphatic rings. The first-order chi connectivity index (χ1) is 13.9. The van der Waals surface area contributed by atoms with E-state index in [9.17, 15) is 9.59 Å². The summed E-state index contributed by atoms with van der Waals surface area (Å²) in [6, 6.07) is 14.1. The largest absolute Gasteiger partial charge is 0.340 e. The standard InChI is InChI=1S/C24H31N3O2/c1-18-5-4-6-21(14-18)17-27(10-7-23(28)26-11-8-25-9-12-26)24(29)22-15-19(2)13-20(3)16-22/h4-6,13-16,25H,7-12,17H2,1-3H3. The van der Waals surface area contributed by atoms with Crippen LogP contribution in [0.4, 0.5) is 0 Å². The van der Waals surface area contributed by atoms with Crippen LogP contribution in [0.5, 0.6) is 0 Å². The molecule has 29 heavy (non-hydrogen) atoms. The van der Waals surface area contributed by atoms with E-state index in [0.29, 0.717) is 25.1 Å². The second-order valence-electron chi connectivity index (χ2n) is 7.97. The van der Waals surface area contributed by atoms with E-state index in [2.05, 4.69) is 17.4 Å². The summed E-state index contributed by atoms with van der Waals surface area (Å²) < 4.78 is 0. The molecule has 0 atom stereocenters. The van der Waals surface area contributed by atoms with Gasteiger partial charge in [0.25, 0.3) is 5.91 Å². The van der Waals surface area contributed by atoms with Crippen molar-refractivity contribution in [2.45, 2.75) is 33.7 Å². The van der Waals surface area contributed by atoms with Crippen LogP contribution in [-0.2, 0) is 11.3 Å². The third kappa shape index (κ3) is 5.91. The predicted molar refractivity (Wildman–Crippen MR) is 116 cm³/mol. The predicted octanol–water partition coefficient (Wildman–Crippen LogP) is 3.08. The molecule has 0 bridgehead atoms. The van der Waals surface area contributed by atoms with Gasteiger partial charge in [-0.25, -0.2) is 0 Å². The van der Waals surface area contributed by atoms with E-state index < -0.39 is 0 Å². The number of aryl methyl sites for hydroxylation is 3. The van der Waals surface area contributed by atoms with Gasteiger partial charge in [-0.1, -0.05) is 47.0 Å². The molecule has 2 aromatic rings. The minimum Gasteiger partial charge on any atom is -0.340 e. The first kappa shape index (κ1) is 21.1. The number of hydrogen-bond donors (Lipinski definition) is 1. The maximum Gasteiger partial charge on any atom is 0.254 e. The zero-order valence-electron chi connectivity index (χ0n) is 17.7. The number of nitrogens with zero attached hydrogens (tertiary/aromatic N) is 2. The normalized spacial score (nSPS) is 14.0. The average Bonchev–Trinajstić information content (AvgIpc) is 2.70. The number of carbonyl (C=O) groups is 2. The highest BCUT2D eigenvalue weighted by Crippen LogP contribution is 2.16. The molecule has 0 spiro atoms. The monoisotopic (exact) mass is 393 g/mol. The van der Waals surface area contributed by atoms with E-state index in [0.717, 1.165) is 48.4 Å². The van der Waals surface area contributed by atoms with Gasteiger partial charge >= 0.3 is 0 Å². The Morgan fingerprint density at radius 1 is 0.966 bits per heavy atom. The Morgan fingerprint density at radius 2 is 1.66 bits per heavy atom. The summed E-state index contributed by atoms with van der Waals surface area (Å²) in [5.74, 6) is 0.0976. The highest BCUT2D eigenvalue weighted by molar-refractivity contribution is 5.95. The van der Waals surface area contributed by atoms with Crippen molar-refractivity contribution in [3.05, 3.63) is 70.3 Å². The maximum atomic E-state index is 13.3. The lowest BCUT2D eigenvalue weighted by Crippen LogP contribution is -2.47. The lowest BCUT2D eigenvalue weighted by Gasteiger charge is -2.29. The highest BCUT2D eigenvalue weighted by atomic mass is 16.2. The topological polar surface area (TPSA) is 52.7 Å². The van der Waals surface area contributed by atoms with Gasteiger partial charge in [0, 0.05) is 51.3 Å². The fraction of sp³-hybridized carbons (Fsp3) is 0.417. The molecule has 0 aliphatic carbocycles. The number of benzene rings is 2. The average molecular weight is 394 g/mol. The zero-order chi connectivity index (χ0) is 20.8. The number of piperazine rings is 1. The van der Waals surface area contributed by atoms with Crippen LogP contribution in [0.25, 0.3) is 0 Å². The van der Waals surface area contributed by atoms with Gasteiger partial charge in [0.2, 0.25) is 5.91 Å². The van der Waals surface area contributed by atoms with Crippen LogP contribution in [0.3, 0.4) is 0 Å². The third-order valence-corrected chi connectivity index (χ3v) is 5.28. The van der Waals surface area contributed by atoms with Crippen LogP contribution in [0.1, 0.15) is 39.0 Å². The Kier molecular flexibility index (Phi) is 7.04. The molecular formula is C24H31N3O2. The summed E-state index contributed by atoms with van der Waals surface area (Å²) in [6.07, 6.45) is 0.350. The second kappa shape index (κ2) is 9.70. The van der Waals surface area contributed by atoms with Gasteiger partial charge in [-0.2, -0.15) is 0 Å². The number of hydrogen-bond acceptors (Lipinski definition) is 3. The molecule has 3 rings (SSSR count). The molecule has 1 aliphatic heterocycles. The van der Waals surface area contributed by atoms with Gasteiger partial charge < -0.3 is 15.1 Å². The molecule has 2 aromatic carbocycles. The van der Waals surface area contributed by atoms with Crippen molar-refractivity contribution in [1.29, 1.82) is 0 Å². The first-order valence-corrected chi connectivity index (χ1v) is 10.3. The van der Waals surface area contributed by atoms with E-state index >= 15 is 0 Å². The van der Waals surface area contributed by atoms with Crippen LogP contribution in [-0.4, -0.2) is 54.3 Å². The maximum absolute atomic E-state index is 13.3. The number of carbonyl (C=O) groups excluding carboxylic acids is 2. The van der Waals surface area contributed by atoms with Crippen molar-refractivity contribution >= 4 is 11.8 Å². The fourth-order valence-corrected chi connectivity index (χ4v) is 3.87. The summed E-state index contributed by atoms with van der Waals surface area (Å²) in [4.78, 5) is 29.7. The summed E-state index contributed by atoms with van der Waals surface area (Å²) >= 11 is 0. The Labute approximate surface area is 173 Å². The molecule has 1 N–H and O–H groups in total. The van der Waals surface area contributed by atoms with Crippen LogP contribution in [0, 0.1) is 20.8 Å². The Balaban J connectivity index is 1.76. The van der Waals surface area contributed by atoms with Crippen molar-refractivity contribution in [1.82, 2.24) is 15.1 Å². The Bertz CT molecular complexity index is 852. The number of rotatable bonds is 6. The minimum absolute atomic E-state index is 0.0218. The van der Waals surface area contributed by atoms with Gasteiger partial charge in [0.05, 0.1) is 0 Å². The molecule has 0 unspecified atom stereocenters. The van der Waals surface area contributed by atoms with E-state index in [1.807, 2.05) is 60.9 Å². The van der Waals surface area contributed by atoms with Gasteiger partial charge in [-0.3, -0.25) is 9.59 Å². The van der Waals surface area contributed by atoms with Gasteiger partial charge in [0.1, 0.15) is 0 Å². The Hall–Kier alpha value is -2.66. The fourth-order valence-electron chi connectivity index (χ4n) is 3.87. The second-order valence-corrected chi connectivity index (χ2v) is 7.97. The SMILES string of the molecule is Cc1cccc(CN(CCC(=O)N2CCNCC2)C(=O)c2cc(C)cc(C)c2)c1. The summed E-state index contributed by atoms with van der Waals surface area (Å²) in [5, 5.41) is 3.26. The van der Waals surface area contributed by atoms with Crippen molar-refractivity contribution in [2.24, 2.45) is 0 Å². The quantitative estimate of drug-likeness (QED) is 0.821. The van der Waals surface area contributed by atoms with Crippen LogP contribution in [0.15, 0.2) is 42.5 Å². The van der Waals surface area contributed by atoms with Crippen molar-refractivity contribution in [3.8, 4) is 0 Å². The molecule has 0 radical (unpaired) electrons. The van der Waals surface area contributed by atoms with Crippen LogP contribution in [0.2, 0.25) is 0 Å². The molecule has 1 heterocycles. The molecule has 1 fully saturated rings. The molecule has 0 aromatic heterocycles. The first-order valence-electron chi connectivity index (χ1n) is 10.3. The van der Waals surface area contributed by atoms with E-state index in [1.54, 1.807) is 0 Å². The van der Waals surface area contributed by atoms with Crippen LogP contribution < -0.4 is 5.32 Å². The third-order valence-electron chi connectivity index (χ3n) is 5.28. The Morgan fingerprint density at radius 3 is 2.31 bits per heavy atom. The molecule has 1 saturated heterocycles. The molecule has 2 amide bonds. The van der Waals surface area contributed by atoms with Gasteiger partial charge in [-0.05, 0) is 38.5 Å². The number of amides is 2. The van der Waals surface area contributed by atoms with Crippen LogP contribution >= 0.6 is 0 Å². The van der Waals surface area contributed by atoms with Crippen molar-refractivity contribution in [3.63, 3.8) is 0 Å². The minimum atomic E-state index is -0.0218. The summed E-state index contributed by atoms with van der Waals surface area (Å²) in [6.45, 7) is 10.1. The van der Waals surface area contributed by atoms with E-state index in [-0.39, 0.29) is 11.8 Å². The lowest BCUT2D eigenvalue weighted by atomic mass is 10.1. The smallest absolute Gasteiger partial charge is 0.254 e. The molecule has 5 heteroatoms.